The highest BCUT2D eigenvalue weighted by Crippen LogP contribution is 2.29. The number of ketones is 1. The van der Waals surface area contributed by atoms with Crippen LogP contribution in [-0.2, 0) is 9.59 Å². The van der Waals surface area contributed by atoms with Gasteiger partial charge in [-0.2, -0.15) is 0 Å². The van der Waals surface area contributed by atoms with E-state index in [0.29, 0.717) is 11.3 Å². The highest BCUT2D eigenvalue weighted by Gasteiger charge is 2.41. The number of nitrogens with zero attached hydrogens (tertiary/aromatic N) is 1. The molecule has 0 radical (unpaired) electrons. The minimum Gasteiger partial charge on any atom is -0.505 e. The Bertz CT molecular complexity index is 504. The van der Waals surface area contributed by atoms with Crippen molar-refractivity contribution in [2.75, 3.05) is 0 Å². The molecule has 2 N–H and O–H groups in total. The molecule has 0 atom stereocenters. The lowest BCUT2D eigenvalue weighted by atomic mass is 10.0. The third kappa shape index (κ3) is 3.71. The van der Waals surface area contributed by atoms with Gasteiger partial charge in [0.2, 0.25) is 0 Å². The molecule has 2 amide bonds. The Morgan fingerprint density at radius 1 is 1.19 bits per heavy atom. The first-order valence-corrected chi connectivity index (χ1v) is 7.16. The van der Waals surface area contributed by atoms with Gasteiger partial charge in [0.1, 0.15) is 5.57 Å². The van der Waals surface area contributed by atoms with E-state index in [0.717, 1.165) is 25.7 Å². The number of carbonyl (C=O) groups is 3. The van der Waals surface area contributed by atoms with Crippen molar-refractivity contribution in [3.63, 3.8) is 0 Å². The zero-order valence-electron chi connectivity index (χ0n) is 12.4. The zero-order valence-corrected chi connectivity index (χ0v) is 12.4. The lowest BCUT2D eigenvalue weighted by Gasteiger charge is -2.11. The van der Waals surface area contributed by atoms with Crippen LogP contribution in [0.3, 0.4) is 0 Å². The van der Waals surface area contributed by atoms with Crippen molar-refractivity contribution in [2.24, 2.45) is 0 Å². The van der Waals surface area contributed by atoms with Crippen LogP contribution in [0.5, 0.6) is 0 Å². The molecular formula is C15H21NO5. The van der Waals surface area contributed by atoms with Crippen molar-refractivity contribution in [2.45, 2.75) is 52.4 Å². The number of amides is 2. The average Bonchev–Trinajstić information content (AvgIpc) is 2.69. The lowest BCUT2D eigenvalue weighted by molar-refractivity contribution is -0.125. The molecule has 0 fully saturated rings. The normalized spacial score (nSPS) is 17.0. The van der Waals surface area contributed by atoms with E-state index in [1.165, 1.54) is 13.0 Å². The van der Waals surface area contributed by atoms with Crippen LogP contribution in [0, 0.1) is 0 Å². The van der Waals surface area contributed by atoms with Gasteiger partial charge in [-0.3, -0.25) is 9.59 Å². The summed E-state index contributed by atoms with van der Waals surface area (Å²) in [7, 11) is 0. The van der Waals surface area contributed by atoms with E-state index in [9.17, 15) is 19.5 Å². The third-order valence-corrected chi connectivity index (χ3v) is 3.39. The maximum absolute atomic E-state index is 12.0. The van der Waals surface area contributed by atoms with E-state index in [4.69, 9.17) is 5.11 Å². The maximum Gasteiger partial charge on any atom is 0.419 e. The number of imide groups is 1. The van der Waals surface area contributed by atoms with E-state index in [1.807, 2.05) is 0 Å². The SMILES string of the molecule is C/C=C1/C(O)=C(C(=O)CCCCCCC)C(=O)N1C(=O)O. The fourth-order valence-corrected chi connectivity index (χ4v) is 2.28. The number of aliphatic hydroxyl groups is 1. The van der Waals surface area contributed by atoms with Crippen molar-refractivity contribution in [3.05, 3.63) is 23.1 Å². The Morgan fingerprint density at radius 3 is 2.29 bits per heavy atom. The predicted octanol–water partition coefficient (Wildman–Crippen LogP) is 3.15. The molecule has 0 aliphatic carbocycles. The molecule has 1 rings (SSSR count). The number of aliphatic hydroxyl groups excluding tert-OH is 1. The summed E-state index contributed by atoms with van der Waals surface area (Å²) in [6, 6.07) is 0. The van der Waals surface area contributed by atoms with Crippen molar-refractivity contribution < 1.29 is 24.6 Å². The van der Waals surface area contributed by atoms with Crippen LogP contribution >= 0.6 is 0 Å². The predicted molar refractivity (Wildman–Crippen MR) is 76.7 cm³/mol. The maximum atomic E-state index is 12.0. The molecule has 0 aromatic rings. The molecule has 0 aromatic carbocycles. The van der Waals surface area contributed by atoms with Gasteiger partial charge in [-0.25, -0.2) is 9.69 Å². The Morgan fingerprint density at radius 2 is 1.81 bits per heavy atom. The van der Waals surface area contributed by atoms with E-state index < -0.39 is 29.1 Å². The summed E-state index contributed by atoms with van der Waals surface area (Å²) in [5.41, 5.74) is -0.567. The lowest BCUT2D eigenvalue weighted by Crippen LogP contribution is -2.32. The molecule has 0 unspecified atom stereocenters. The van der Waals surface area contributed by atoms with Gasteiger partial charge in [0.15, 0.2) is 11.5 Å². The summed E-state index contributed by atoms with van der Waals surface area (Å²) in [6.45, 7) is 3.58. The van der Waals surface area contributed by atoms with E-state index >= 15 is 0 Å². The first-order valence-electron chi connectivity index (χ1n) is 7.16. The fraction of sp³-hybridized carbons (Fsp3) is 0.533. The summed E-state index contributed by atoms with van der Waals surface area (Å²) >= 11 is 0. The smallest absolute Gasteiger partial charge is 0.419 e. The van der Waals surface area contributed by atoms with Gasteiger partial charge < -0.3 is 10.2 Å². The van der Waals surface area contributed by atoms with Crippen molar-refractivity contribution in [3.8, 4) is 0 Å². The number of Topliss-reactive ketones (excluding diaryl/α,β-unsaturated/α-hetero) is 1. The second-order valence-corrected chi connectivity index (χ2v) is 4.91. The molecule has 6 heteroatoms. The van der Waals surface area contributed by atoms with Gasteiger partial charge in [0, 0.05) is 6.42 Å². The number of carboxylic acid groups (broad SMARTS) is 1. The monoisotopic (exact) mass is 295 g/mol. The topological polar surface area (TPSA) is 94.9 Å². The van der Waals surface area contributed by atoms with Gasteiger partial charge in [0.25, 0.3) is 5.91 Å². The summed E-state index contributed by atoms with van der Waals surface area (Å²) in [6.07, 6.45) is 4.63. The highest BCUT2D eigenvalue weighted by molar-refractivity contribution is 6.25. The molecule has 116 valence electrons. The summed E-state index contributed by atoms with van der Waals surface area (Å²) in [5.74, 6) is -2.01. The van der Waals surface area contributed by atoms with E-state index in [-0.39, 0.29) is 12.1 Å². The molecule has 1 heterocycles. The van der Waals surface area contributed by atoms with Crippen LogP contribution in [0.2, 0.25) is 0 Å². The third-order valence-electron chi connectivity index (χ3n) is 3.39. The van der Waals surface area contributed by atoms with Crippen molar-refractivity contribution in [1.29, 1.82) is 0 Å². The standard InChI is InChI=1S/C15H21NO5/c1-3-5-6-7-8-9-11(17)12-13(18)10(4-2)16(14(12)19)15(20)21/h4,18H,3,5-9H2,1-2H3,(H,20,21)/b10-4-. The molecule has 0 bridgehead atoms. The van der Waals surface area contributed by atoms with Gasteiger partial charge in [-0.05, 0) is 13.3 Å². The zero-order chi connectivity index (χ0) is 16.0. The quantitative estimate of drug-likeness (QED) is 0.555. The molecule has 1 aliphatic heterocycles. The number of allylic oxidation sites excluding steroid dienone is 1. The van der Waals surface area contributed by atoms with Crippen molar-refractivity contribution >= 4 is 17.8 Å². The van der Waals surface area contributed by atoms with Gasteiger partial charge in [0.05, 0.1) is 5.70 Å². The first kappa shape index (κ1) is 16.9. The molecule has 6 nitrogen and oxygen atoms in total. The van der Waals surface area contributed by atoms with Crippen LogP contribution in [0.4, 0.5) is 4.79 Å². The molecule has 21 heavy (non-hydrogen) atoms. The van der Waals surface area contributed by atoms with Crippen LogP contribution in [0.25, 0.3) is 0 Å². The fourth-order valence-electron chi connectivity index (χ4n) is 2.28. The number of unbranched alkanes of at least 4 members (excludes halogenated alkanes) is 4. The van der Waals surface area contributed by atoms with Crippen LogP contribution < -0.4 is 0 Å². The molecule has 1 aliphatic rings. The van der Waals surface area contributed by atoms with E-state index in [1.54, 1.807) is 0 Å². The Labute approximate surface area is 123 Å². The molecular weight excluding hydrogens is 274 g/mol. The van der Waals surface area contributed by atoms with E-state index in [2.05, 4.69) is 6.92 Å². The largest absolute Gasteiger partial charge is 0.505 e. The minimum atomic E-state index is -1.51. The Kier molecular flexibility index (Phi) is 6.14. The average molecular weight is 295 g/mol. The summed E-state index contributed by atoms with van der Waals surface area (Å²) in [4.78, 5) is 35.5. The number of rotatable bonds is 7. The highest BCUT2D eigenvalue weighted by atomic mass is 16.4. The Balaban J connectivity index is 2.77. The van der Waals surface area contributed by atoms with Crippen LogP contribution in [0.1, 0.15) is 52.4 Å². The molecule has 0 saturated heterocycles. The Hall–Kier alpha value is -2.11. The van der Waals surface area contributed by atoms with Crippen molar-refractivity contribution in [1.82, 2.24) is 4.90 Å². The second kappa shape index (κ2) is 7.61. The van der Waals surface area contributed by atoms with Gasteiger partial charge in [-0.15, -0.1) is 0 Å². The number of carbonyl (C=O) groups excluding carboxylic acids is 2. The number of hydrogen-bond acceptors (Lipinski definition) is 4. The minimum absolute atomic E-state index is 0.138. The molecule has 0 spiro atoms. The van der Waals surface area contributed by atoms with Gasteiger partial charge in [-0.1, -0.05) is 38.7 Å². The summed E-state index contributed by atoms with van der Waals surface area (Å²) in [5, 5.41) is 18.9. The first-order chi connectivity index (χ1) is 9.95. The molecule has 0 saturated carbocycles. The molecule has 0 aromatic heterocycles. The second-order valence-electron chi connectivity index (χ2n) is 4.91. The van der Waals surface area contributed by atoms with Crippen LogP contribution in [0.15, 0.2) is 23.1 Å². The summed E-state index contributed by atoms with van der Waals surface area (Å²) < 4.78 is 0. The van der Waals surface area contributed by atoms with Crippen LogP contribution in [-0.4, -0.2) is 32.9 Å². The van der Waals surface area contributed by atoms with Gasteiger partial charge >= 0.3 is 6.09 Å². The number of hydrogen-bond donors (Lipinski definition) is 2.